The fourth-order valence-electron chi connectivity index (χ4n) is 1.66. The van der Waals surface area contributed by atoms with Crippen LogP contribution in [0.25, 0.3) is 5.70 Å². The monoisotopic (exact) mass is 338 g/mol. The first kappa shape index (κ1) is 21.5. The van der Waals surface area contributed by atoms with Crippen LogP contribution in [0.1, 0.15) is 45.1 Å². The highest BCUT2D eigenvalue weighted by molar-refractivity contribution is 8.02. The molecule has 7 N–H and O–H groups in total. The van der Waals surface area contributed by atoms with Gasteiger partial charge in [-0.3, -0.25) is 4.79 Å². The molecule has 6 heteroatoms. The highest BCUT2D eigenvalue weighted by Crippen LogP contribution is 2.16. The zero-order valence-electron chi connectivity index (χ0n) is 14.2. The topological polar surface area (TPSA) is 107 Å². The van der Waals surface area contributed by atoms with Crippen molar-refractivity contribution in [3.05, 3.63) is 35.2 Å². The molecule has 1 amide bonds. The summed E-state index contributed by atoms with van der Waals surface area (Å²) in [6, 6.07) is 7.21. The van der Waals surface area contributed by atoms with E-state index < -0.39 is 0 Å². The Hall–Kier alpha value is -1.50. The summed E-state index contributed by atoms with van der Waals surface area (Å²) in [6.45, 7) is 4.43. The summed E-state index contributed by atoms with van der Waals surface area (Å²) in [6.07, 6.45) is 5.54. The van der Waals surface area contributed by atoms with Gasteiger partial charge in [0.1, 0.15) is 0 Å². The predicted octanol–water partition coefficient (Wildman–Crippen LogP) is 3.08. The molecule has 1 rings (SSSR count). The zero-order valence-corrected chi connectivity index (χ0v) is 15.0. The molecule has 0 aromatic heterocycles. The normalized spacial score (nSPS) is 10.7. The number of amides is 1. The molecule has 0 bridgehead atoms. The Kier molecular flexibility index (Phi) is 13.2. The van der Waals surface area contributed by atoms with Crippen LogP contribution < -0.4 is 22.5 Å². The number of rotatable bonds is 8. The quantitative estimate of drug-likeness (QED) is 0.430. The SMILES string of the molecule is CCCCCC.NCS/C=C(\N)c1ccc(NC(=O)CN)cc1. The summed E-state index contributed by atoms with van der Waals surface area (Å²) in [5.74, 6) is 0.269. The maximum atomic E-state index is 11.1. The third-order valence-corrected chi connectivity index (χ3v) is 3.56. The van der Waals surface area contributed by atoms with Gasteiger partial charge < -0.3 is 22.5 Å². The van der Waals surface area contributed by atoms with E-state index in [0.29, 0.717) is 17.3 Å². The fourth-order valence-corrected chi connectivity index (χ4v) is 2.08. The van der Waals surface area contributed by atoms with Gasteiger partial charge in [0.25, 0.3) is 0 Å². The standard InChI is InChI=1S/C11H16N4OS.C6H14/c12-5-11(16)15-9-3-1-8(2-4-9)10(14)6-17-7-13;1-3-5-6-4-2/h1-4,6H,5,7,12-14H2,(H,15,16);3-6H2,1-2H3/b10-6-;. The fraction of sp³-hybridized carbons (Fsp3) is 0.471. The van der Waals surface area contributed by atoms with Crippen LogP contribution in [0, 0.1) is 0 Å². The molecule has 130 valence electrons. The maximum Gasteiger partial charge on any atom is 0.238 e. The van der Waals surface area contributed by atoms with E-state index in [2.05, 4.69) is 19.2 Å². The molecule has 0 unspecified atom stereocenters. The van der Waals surface area contributed by atoms with Crippen LogP contribution in [0.4, 0.5) is 5.69 Å². The molecule has 5 nitrogen and oxygen atoms in total. The van der Waals surface area contributed by atoms with Crippen molar-refractivity contribution in [3.8, 4) is 0 Å². The Morgan fingerprint density at radius 2 is 1.70 bits per heavy atom. The van der Waals surface area contributed by atoms with Gasteiger partial charge in [-0.15, -0.1) is 11.8 Å². The Labute approximate surface area is 144 Å². The van der Waals surface area contributed by atoms with Gasteiger partial charge in [-0.1, -0.05) is 51.7 Å². The van der Waals surface area contributed by atoms with E-state index >= 15 is 0 Å². The van der Waals surface area contributed by atoms with Gasteiger partial charge >= 0.3 is 0 Å². The Balaban J connectivity index is 0.000000688. The lowest BCUT2D eigenvalue weighted by Gasteiger charge is -2.05. The highest BCUT2D eigenvalue weighted by Gasteiger charge is 2.00. The number of nitrogens with one attached hydrogen (secondary N) is 1. The van der Waals surface area contributed by atoms with Gasteiger partial charge in [0.2, 0.25) is 5.91 Å². The van der Waals surface area contributed by atoms with E-state index in [1.807, 2.05) is 12.1 Å². The number of unbranched alkanes of at least 4 members (excludes halogenated alkanes) is 3. The van der Waals surface area contributed by atoms with E-state index in [0.717, 1.165) is 5.56 Å². The van der Waals surface area contributed by atoms with Crippen LogP contribution in [0.5, 0.6) is 0 Å². The van der Waals surface area contributed by atoms with Gasteiger partial charge in [0.15, 0.2) is 0 Å². The lowest BCUT2D eigenvalue weighted by Crippen LogP contribution is -2.21. The van der Waals surface area contributed by atoms with E-state index in [4.69, 9.17) is 17.2 Å². The summed E-state index contributed by atoms with van der Waals surface area (Å²) in [4.78, 5) is 11.1. The number of carbonyl (C=O) groups is 1. The molecule has 1 aromatic carbocycles. The summed E-state index contributed by atoms with van der Waals surface area (Å²) in [7, 11) is 0. The van der Waals surface area contributed by atoms with Crippen LogP contribution in [0.15, 0.2) is 29.7 Å². The Morgan fingerprint density at radius 3 is 2.13 bits per heavy atom. The van der Waals surface area contributed by atoms with Crippen molar-refractivity contribution in [2.45, 2.75) is 39.5 Å². The molecule has 23 heavy (non-hydrogen) atoms. The lowest BCUT2D eigenvalue weighted by atomic mass is 10.1. The smallest absolute Gasteiger partial charge is 0.238 e. The lowest BCUT2D eigenvalue weighted by molar-refractivity contribution is -0.114. The number of benzene rings is 1. The minimum absolute atomic E-state index is 0.0308. The summed E-state index contributed by atoms with van der Waals surface area (Å²) in [5.41, 5.74) is 18.6. The minimum atomic E-state index is -0.222. The molecule has 0 aliphatic heterocycles. The van der Waals surface area contributed by atoms with E-state index in [-0.39, 0.29) is 12.5 Å². The van der Waals surface area contributed by atoms with Crippen LogP contribution in [-0.4, -0.2) is 18.3 Å². The Bertz CT molecular complexity index is 456. The van der Waals surface area contributed by atoms with E-state index in [9.17, 15) is 4.79 Å². The minimum Gasteiger partial charge on any atom is -0.398 e. The van der Waals surface area contributed by atoms with E-state index in [1.165, 1.54) is 37.4 Å². The molecule has 1 aromatic rings. The maximum absolute atomic E-state index is 11.1. The van der Waals surface area contributed by atoms with Crippen molar-refractivity contribution in [1.29, 1.82) is 0 Å². The molecule has 0 radical (unpaired) electrons. The number of hydrogen-bond donors (Lipinski definition) is 4. The molecule has 0 aliphatic carbocycles. The van der Waals surface area contributed by atoms with Gasteiger partial charge in [0.05, 0.1) is 6.54 Å². The van der Waals surface area contributed by atoms with Crippen molar-refractivity contribution in [3.63, 3.8) is 0 Å². The highest BCUT2D eigenvalue weighted by atomic mass is 32.2. The molecule has 0 heterocycles. The van der Waals surface area contributed by atoms with E-state index in [1.54, 1.807) is 17.5 Å². The second-order valence-corrected chi connectivity index (χ2v) is 5.85. The van der Waals surface area contributed by atoms with Crippen molar-refractivity contribution >= 4 is 29.1 Å². The van der Waals surface area contributed by atoms with Gasteiger partial charge in [-0.25, -0.2) is 0 Å². The second-order valence-electron chi connectivity index (χ2n) is 4.94. The van der Waals surface area contributed by atoms with Gasteiger partial charge in [-0.05, 0) is 23.1 Å². The third-order valence-electron chi connectivity index (χ3n) is 2.95. The molecular weight excluding hydrogens is 308 g/mol. The average molecular weight is 339 g/mol. The molecule has 0 fully saturated rings. The molecule has 0 aliphatic rings. The Morgan fingerprint density at radius 1 is 1.13 bits per heavy atom. The second kappa shape index (κ2) is 14.1. The van der Waals surface area contributed by atoms with Crippen LogP contribution in [-0.2, 0) is 4.79 Å². The molecule has 0 saturated heterocycles. The number of anilines is 1. The largest absolute Gasteiger partial charge is 0.398 e. The van der Waals surface area contributed by atoms with Crippen molar-refractivity contribution in [2.24, 2.45) is 17.2 Å². The first-order valence-electron chi connectivity index (χ1n) is 7.96. The first-order chi connectivity index (χ1) is 11.1. The number of thioether (sulfide) groups is 1. The van der Waals surface area contributed by atoms with Gasteiger partial charge in [-0.2, -0.15) is 0 Å². The van der Waals surface area contributed by atoms with Crippen LogP contribution in [0.2, 0.25) is 0 Å². The van der Waals surface area contributed by atoms with Crippen molar-refractivity contribution < 1.29 is 4.79 Å². The third kappa shape index (κ3) is 10.8. The van der Waals surface area contributed by atoms with Crippen molar-refractivity contribution in [1.82, 2.24) is 0 Å². The van der Waals surface area contributed by atoms with Crippen LogP contribution in [0.3, 0.4) is 0 Å². The number of nitrogens with two attached hydrogens (primary N) is 3. The molecule has 0 atom stereocenters. The van der Waals surface area contributed by atoms with Gasteiger partial charge in [0, 0.05) is 17.3 Å². The summed E-state index contributed by atoms with van der Waals surface area (Å²) >= 11 is 1.43. The summed E-state index contributed by atoms with van der Waals surface area (Å²) in [5, 5.41) is 4.45. The molecular formula is C17H30N4OS. The molecule has 0 saturated carbocycles. The first-order valence-corrected chi connectivity index (χ1v) is 9.01. The number of hydrogen-bond acceptors (Lipinski definition) is 5. The van der Waals surface area contributed by atoms with Crippen molar-refractivity contribution in [2.75, 3.05) is 17.7 Å². The average Bonchev–Trinajstić information content (AvgIpc) is 2.58. The predicted molar refractivity (Wildman–Crippen MR) is 103 cm³/mol. The number of carbonyl (C=O) groups excluding carboxylic acids is 1. The summed E-state index contributed by atoms with van der Waals surface area (Å²) < 4.78 is 0. The van der Waals surface area contributed by atoms with Crippen LogP contribution >= 0.6 is 11.8 Å². The zero-order chi connectivity index (χ0) is 17.5. The molecule has 0 spiro atoms.